The second kappa shape index (κ2) is 8.96. The normalized spacial score (nSPS) is 12.0. The van der Waals surface area contributed by atoms with Gasteiger partial charge in [0.15, 0.2) is 5.16 Å². The number of anilines is 1. The highest BCUT2D eigenvalue weighted by Gasteiger charge is 2.22. The first kappa shape index (κ1) is 21.8. The van der Waals surface area contributed by atoms with Gasteiger partial charge in [-0.3, -0.25) is 14.2 Å². The van der Waals surface area contributed by atoms with Crippen LogP contribution in [-0.2, 0) is 4.79 Å². The fraction of sp³-hybridized carbons (Fsp3) is 0.160. The first-order valence-corrected chi connectivity index (χ1v) is 11.0. The number of carbonyl (C=O) groups excluding carboxylic acids is 1. The number of nitrogens with one attached hydrogen (secondary N) is 1. The predicted octanol–water partition coefficient (Wildman–Crippen LogP) is 5.26. The fourth-order valence-electron chi connectivity index (χ4n) is 3.39. The minimum Gasteiger partial charge on any atom is -0.323 e. The van der Waals surface area contributed by atoms with E-state index in [1.165, 1.54) is 12.1 Å². The fourth-order valence-corrected chi connectivity index (χ4v) is 4.31. The van der Waals surface area contributed by atoms with Crippen LogP contribution in [0.5, 0.6) is 0 Å². The molecule has 0 saturated heterocycles. The average Bonchev–Trinajstić information content (AvgIpc) is 2.78. The van der Waals surface area contributed by atoms with Crippen molar-refractivity contribution in [2.75, 3.05) is 5.32 Å². The maximum absolute atomic E-state index is 14.0. The molecule has 1 atom stereocenters. The Bertz CT molecular complexity index is 1380. The van der Waals surface area contributed by atoms with Crippen LogP contribution in [0.25, 0.3) is 16.6 Å². The van der Waals surface area contributed by atoms with E-state index in [2.05, 4.69) is 5.32 Å². The monoisotopic (exact) mass is 447 g/mol. The maximum atomic E-state index is 14.0. The molecule has 0 bridgehead atoms. The zero-order valence-corrected chi connectivity index (χ0v) is 18.7. The van der Waals surface area contributed by atoms with Crippen molar-refractivity contribution in [3.05, 3.63) is 94.0 Å². The molecule has 0 fully saturated rings. The summed E-state index contributed by atoms with van der Waals surface area (Å²) in [6.07, 6.45) is 0. The molecule has 3 aromatic carbocycles. The number of aromatic nitrogens is 2. The molecular weight excluding hydrogens is 425 g/mol. The van der Waals surface area contributed by atoms with Crippen LogP contribution in [0.15, 0.2) is 76.7 Å². The molecule has 4 rings (SSSR count). The number of fused-ring (bicyclic) bond motifs is 1. The lowest BCUT2D eigenvalue weighted by molar-refractivity contribution is -0.115. The summed E-state index contributed by atoms with van der Waals surface area (Å²) >= 11 is 1.16. The minimum atomic E-state index is -0.626. The van der Waals surface area contributed by atoms with E-state index < -0.39 is 11.1 Å². The van der Waals surface area contributed by atoms with Gasteiger partial charge in [0.05, 0.1) is 27.5 Å². The van der Waals surface area contributed by atoms with Crippen LogP contribution in [-0.4, -0.2) is 20.7 Å². The molecule has 1 heterocycles. The molecule has 0 aliphatic carbocycles. The van der Waals surface area contributed by atoms with Crippen molar-refractivity contribution in [3.63, 3.8) is 0 Å². The third-order valence-corrected chi connectivity index (χ3v) is 6.40. The molecule has 0 saturated carbocycles. The first-order valence-electron chi connectivity index (χ1n) is 10.2. The van der Waals surface area contributed by atoms with E-state index >= 15 is 0 Å². The van der Waals surface area contributed by atoms with Gasteiger partial charge in [0, 0.05) is 0 Å². The summed E-state index contributed by atoms with van der Waals surface area (Å²) < 4.78 is 15.5. The molecule has 0 radical (unpaired) electrons. The van der Waals surface area contributed by atoms with Crippen molar-refractivity contribution in [2.45, 2.75) is 31.2 Å². The summed E-state index contributed by atoms with van der Waals surface area (Å²) in [5, 5.41) is 2.89. The van der Waals surface area contributed by atoms with Crippen LogP contribution in [0.4, 0.5) is 10.1 Å². The maximum Gasteiger partial charge on any atom is 0.266 e. The van der Waals surface area contributed by atoms with Crippen molar-refractivity contribution >= 4 is 34.3 Å². The first-order chi connectivity index (χ1) is 15.4. The Kier molecular flexibility index (Phi) is 6.10. The smallest absolute Gasteiger partial charge is 0.266 e. The molecule has 0 aliphatic rings. The number of aryl methyl sites for hydroxylation is 1. The van der Waals surface area contributed by atoms with Crippen molar-refractivity contribution in [1.82, 2.24) is 9.55 Å². The summed E-state index contributed by atoms with van der Waals surface area (Å²) in [6, 6.07) is 18.9. The second-order valence-electron chi connectivity index (χ2n) is 7.50. The Labute approximate surface area is 189 Å². The van der Waals surface area contributed by atoms with Crippen LogP contribution < -0.4 is 10.9 Å². The Balaban J connectivity index is 1.77. The Hall–Kier alpha value is -3.45. The zero-order valence-electron chi connectivity index (χ0n) is 17.9. The molecule has 1 N–H and O–H groups in total. The molecule has 0 spiro atoms. The number of rotatable bonds is 5. The van der Waals surface area contributed by atoms with Crippen LogP contribution in [0, 0.1) is 19.7 Å². The standard InChI is InChI=1S/C25H22FN3O2S/c1-15-9-8-14-22(16(15)2)29-24(31)18-10-4-6-12-20(18)28-25(29)32-17(3)23(30)27-21-13-7-5-11-19(21)26/h4-14,17H,1-3H3,(H,27,30). The number of hydrogen-bond acceptors (Lipinski definition) is 4. The van der Waals surface area contributed by atoms with Crippen molar-refractivity contribution in [3.8, 4) is 5.69 Å². The van der Waals surface area contributed by atoms with E-state index in [0.717, 1.165) is 28.6 Å². The average molecular weight is 448 g/mol. The summed E-state index contributed by atoms with van der Waals surface area (Å²) in [5.74, 6) is -0.885. The lowest BCUT2D eigenvalue weighted by atomic mass is 10.1. The van der Waals surface area contributed by atoms with Gasteiger partial charge in [-0.2, -0.15) is 0 Å². The lowest BCUT2D eigenvalue weighted by Gasteiger charge is -2.18. The second-order valence-corrected chi connectivity index (χ2v) is 8.81. The summed E-state index contributed by atoms with van der Waals surface area (Å²) in [4.78, 5) is 30.9. The van der Waals surface area contributed by atoms with E-state index in [1.54, 1.807) is 41.8 Å². The predicted molar refractivity (Wildman–Crippen MR) is 127 cm³/mol. The Morgan fingerprint density at radius 1 is 1.03 bits per heavy atom. The van der Waals surface area contributed by atoms with Gasteiger partial charge in [0.1, 0.15) is 5.82 Å². The SMILES string of the molecule is Cc1cccc(-n2c(SC(C)C(=O)Nc3ccccc3F)nc3ccccc3c2=O)c1C. The van der Waals surface area contributed by atoms with Gasteiger partial charge in [-0.05, 0) is 62.2 Å². The Morgan fingerprint density at radius 2 is 1.75 bits per heavy atom. The molecule has 0 aliphatic heterocycles. The molecule has 7 heteroatoms. The number of carbonyl (C=O) groups is 1. The highest BCUT2D eigenvalue weighted by Crippen LogP contribution is 2.28. The topological polar surface area (TPSA) is 64.0 Å². The molecule has 32 heavy (non-hydrogen) atoms. The highest BCUT2D eigenvalue weighted by atomic mass is 32.2. The summed E-state index contributed by atoms with van der Waals surface area (Å²) in [7, 11) is 0. The molecule has 5 nitrogen and oxygen atoms in total. The van der Waals surface area contributed by atoms with E-state index in [0.29, 0.717) is 16.1 Å². The van der Waals surface area contributed by atoms with Gasteiger partial charge >= 0.3 is 0 Å². The third kappa shape index (κ3) is 4.16. The molecule has 4 aromatic rings. The van der Waals surface area contributed by atoms with Gasteiger partial charge in [-0.15, -0.1) is 0 Å². The minimum absolute atomic E-state index is 0.114. The molecule has 1 amide bonds. The number of hydrogen-bond donors (Lipinski definition) is 1. The zero-order chi connectivity index (χ0) is 22.8. The van der Waals surface area contributed by atoms with E-state index in [9.17, 15) is 14.0 Å². The number of para-hydroxylation sites is 2. The number of thioether (sulfide) groups is 1. The quantitative estimate of drug-likeness (QED) is 0.335. The molecule has 1 unspecified atom stereocenters. The van der Waals surface area contributed by atoms with Gasteiger partial charge in [-0.1, -0.05) is 48.2 Å². The van der Waals surface area contributed by atoms with Crippen LogP contribution in [0.3, 0.4) is 0 Å². The summed E-state index contributed by atoms with van der Waals surface area (Å²) in [6.45, 7) is 5.64. The van der Waals surface area contributed by atoms with E-state index in [1.807, 2.05) is 38.1 Å². The summed E-state index contributed by atoms with van der Waals surface area (Å²) in [5.41, 5.74) is 3.19. The van der Waals surface area contributed by atoms with E-state index in [4.69, 9.17) is 4.98 Å². The van der Waals surface area contributed by atoms with Gasteiger partial charge in [0.2, 0.25) is 5.91 Å². The van der Waals surface area contributed by atoms with Crippen LogP contribution >= 0.6 is 11.8 Å². The van der Waals surface area contributed by atoms with E-state index in [-0.39, 0.29) is 17.2 Å². The molecular formula is C25H22FN3O2S. The Morgan fingerprint density at radius 3 is 2.53 bits per heavy atom. The third-order valence-electron chi connectivity index (χ3n) is 5.35. The van der Waals surface area contributed by atoms with Gasteiger partial charge in [-0.25, -0.2) is 9.37 Å². The lowest BCUT2D eigenvalue weighted by Crippen LogP contribution is -2.27. The number of amides is 1. The molecule has 162 valence electrons. The number of benzene rings is 3. The number of halogens is 1. The van der Waals surface area contributed by atoms with Crippen molar-refractivity contribution in [1.29, 1.82) is 0 Å². The highest BCUT2D eigenvalue weighted by molar-refractivity contribution is 8.00. The van der Waals surface area contributed by atoms with Crippen molar-refractivity contribution in [2.24, 2.45) is 0 Å². The van der Waals surface area contributed by atoms with Gasteiger partial charge < -0.3 is 5.32 Å². The van der Waals surface area contributed by atoms with Crippen LogP contribution in [0.2, 0.25) is 0 Å². The van der Waals surface area contributed by atoms with Crippen LogP contribution in [0.1, 0.15) is 18.1 Å². The molecule has 1 aromatic heterocycles. The van der Waals surface area contributed by atoms with Gasteiger partial charge in [0.25, 0.3) is 5.56 Å². The largest absolute Gasteiger partial charge is 0.323 e. The number of nitrogens with zero attached hydrogens (tertiary/aromatic N) is 2. The van der Waals surface area contributed by atoms with Crippen molar-refractivity contribution < 1.29 is 9.18 Å².